The molecule has 1 aliphatic rings. The van der Waals surface area contributed by atoms with Gasteiger partial charge in [0.25, 0.3) is 0 Å². The summed E-state index contributed by atoms with van der Waals surface area (Å²) in [5.41, 5.74) is 0.0149. The van der Waals surface area contributed by atoms with E-state index in [9.17, 15) is 22.8 Å². The summed E-state index contributed by atoms with van der Waals surface area (Å²) in [6.07, 6.45) is 7.02. The number of unbranched alkanes of at least 4 members (excludes halogenated alkanes) is 1. The second-order valence-corrected chi connectivity index (χ2v) is 7.89. The maximum Gasteiger partial charge on any atom is 0.416 e. The fourth-order valence-electron chi connectivity index (χ4n) is 3.54. The van der Waals surface area contributed by atoms with Crippen LogP contribution in [0.3, 0.4) is 0 Å². The van der Waals surface area contributed by atoms with Gasteiger partial charge in [-0.1, -0.05) is 36.4 Å². The average Bonchev–Trinajstić information content (AvgIpc) is 3.01. The molecule has 0 spiro atoms. The Labute approximate surface area is 176 Å². The Morgan fingerprint density at radius 3 is 2.53 bits per heavy atom. The number of alkyl halides is 3. The van der Waals surface area contributed by atoms with Gasteiger partial charge in [0, 0.05) is 18.8 Å². The highest BCUT2D eigenvalue weighted by molar-refractivity contribution is 5.84. The molecule has 6 heteroatoms. The molecule has 0 unspecified atom stereocenters. The molecule has 0 heterocycles. The molecule has 1 fully saturated rings. The third kappa shape index (κ3) is 7.81. The van der Waals surface area contributed by atoms with E-state index < -0.39 is 11.7 Å². The summed E-state index contributed by atoms with van der Waals surface area (Å²) in [6.45, 7) is 3.64. The molecule has 0 amide bonds. The van der Waals surface area contributed by atoms with Crippen LogP contribution < -0.4 is 0 Å². The molecule has 1 aromatic carbocycles. The third-order valence-corrected chi connectivity index (χ3v) is 5.10. The zero-order valence-corrected chi connectivity index (χ0v) is 17.5. The molecule has 0 N–H and O–H groups in total. The van der Waals surface area contributed by atoms with Gasteiger partial charge in [0.2, 0.25) is 0 Å². The van der Waals surface area contributed by atoms with Crippen molar-refractivity contribution >= 4 is 17.8 Å². The van der Waals surface area contributed by atoms with Crippen molar-refractivity contribution < 1.29 is 27.5 Å². The lowest BCUT2D eigenvalue weighted by Crippen LogP contribution is -2.12. The molecule has 0 saturated heterocycles. The Morgan fingerprint density at radius 1 is 1.20 bits per heavy atom. The average molecular weight is 422 g/mol. The number of Topliss-reactive ketones (excluding diaryl/α,β-unsaturated/α-hetero) is 1. The summed E-state index contributed by atoms with van der Waals surface area (Å²) >= 11 is 0. The number of rotatable bonds is 9. The Bertz CT molecular complexity index is 761. The van der Waals surface area contributed by atoms with Crippen LogP contribution in [0.25, 0.3) is 6.08 Å². The summed E-state index contributed by atoms with van der Waals surface area (Å²) in [7, 11) is 0. The van der Waals surface area contributed by atoms with Gasteiger partial charge >= 0.3 is 12.1 Å². The number of hydrogen-bond acceptors (Lipinski definition) is 3. The van der Waals surface area contributed by atoms with E-state index in [-0.39, 0.29) is 29.7 Å². The van der Waals surface area contributed by atoms with Gasteiger partial charge < -0.3 is 4.74 Å². The summed E-state index contributed by atoms with van der Waals surface area (Å²) in [5, 5.41) is 0. The van der Waals surface area contributed by atoms with Crippen LogP contribution in [-0.4, -0.2) is 17.9 Å². The van der Waals surface area contributed by atoms with Gasteiger partial charge in [-0.25, -0.2) is 0 Å². The van der Waals surface area contributed by atoms with Crippen LogP contribution >= 0.6 is 0 Å². The van der Waals surface area contributed by atoms with Gasteiger partial charge in [0.15, 0.2) is 0 Å². The van der Waals surface area contributed by atoms with Crippen molar-refractivity contribution in [1.29, 1.82) is 0 Å². The molecule has 2 atom stereocenters. The molecule has 0 aliphatic heterocycles. The molecule has 0 radical (unpaired) electrons. The fraction of sp³-hybridized carbons (Fsp3) is 0.500. The first kappa shape index (κ1) is 23.9. The monoisotopic (exact) mass is 422 g/mol. The SMILES string of the molecule is CC(C)OC(=O)CCC/C=C\C[C@H]1C(=O)CC[C@@H]1/C=C/c1ccc(C(F)(F)F)cc1. The largest absolute Gasteiger partial charge is 0.463 e. The quantitative estimate of drug-likeness (QED) is 0.263. The number of benzene rings is 1. The number of esters is 1. The molecule has 1 saturated carbocycles. The molecule has 1 aliphatic carbocycles. The normalized spacial score (nSPS) is 20.0. The van der Waals surface area contributed by atoms with Crippen molar-refractivity contribution in [3.63, 3.8) is 0 Å². The molecule has 1 aromatic rings. The number of carbonyl (C=O) groups excluding carboxylic acids is 2. The Morgan fingerprint density at radius 2 is 1.90 bits per heavy atom. The van der Waals surface area contributed by atoms with E-state index in [0.717, 1.165) is 25.0 Å². The third-order valence-electron chi connectivity index (χ3n) is 5.10. The minimum Gasteiger partial charge on any atom is -0.463 e. The van der Waals surface area contributed by atoms with E-state index in [4.69, 9.17) is 4.74 Å². The standard InChI is InChI=1S/C24H29F3O3/c1-17(2)30-23(29)8-6-4-3-5-7-21-19(13-16-22(21)28)12-9-18-10-14-20(15-11-18)24(25,26)27/h3,5,9-12,14-15,17,19,21H,4,6-8,13,16H2,1-2H3/b5-3-,12-9+/t19-,21+/m0/s1. The summed E-state index contributed by atoms with van der Waals surface area (Å²) in [6, 6.07) is 5.01. The lowest BCUT2D eigenvalue weighted by atomic mass is 9.91. The summed E-state index contributed by atoms with van der Waals surface area (Å²) < 4.78 is 43.0. The van der Waals surface area contributed by atoms with Crippen LogP contribution in [0.2, 0.25) is 0 Å². The van der Waals surface area contributed by atoms with Gasteiger partial charge in [0.05, 0.1) is 11.7 Å². The van der Waals surface area contributed by atoms with Crippen molar-refractivity contribution in [2.24, 2.45) is 11.8 Å². The minimum atomic E-state index is -4.34. The molecular weight excluding hydrogens is 393 g/mol. The minimum absolute atomic E-state index is 0.0884. The van der Waals surface area contributed by atoms with Gasteiger partial charge in [-0.2, -0.15) is 13.2 Å². The highest BCUT2D eigenvalue weighted by atomic mass is 19.4. The maximum absolute atomic E-state index is 12.6. The predicted octanol–water partition coefficient (Wildman–Crippen LogP) is 6.38. The molecule has 30 heavy (non-hydrogen) atoms. The van der Waals surface area contributed by atoms with Gasteiger partial charge in [-0.15, -0.1) is 0 Å². The van der Waals surface area contributed by atoms with E-state index in [2.05, 4.69) is 0 Å². The van der Waals surface area contributed by atoms with Crippen LogP contribution in [0.15, 0.2) is 42.5 Å². The van der Waals surface area contributed by atoms with Gasteiger partial charge in [0.1, 0.15) is 5.78 Å². The number of ether oxygens (including phenoxy) is 1. The van der Waals surface area contributed by atoms with Crippen LogP contribution in [0.4, 0.5) is 13.2 Å². The molecule has 0 aromatic heterocycles. The summed E-state index contributed by atoms with van der Waals surface area (Å²) in [4.78, 5) is 23.7. The number of halogens is 3. The Kier molecular flexibility index (Phi) is 8.88. The van der Waals surface area contributed by atoms with Crippen molar-refractivity contribution in [2.45, 2.75) is 64.7 Å². The number of carbonyl (C=O) groups is 2. The first-order valence-electron chi connectivity index (χ1n) is 10.4. The molecular formula is C24H29F3O3. The second kappa shape index (κ2) is 11.1. The van der Waals surface area contributed by atoms with Gasteiger partial charge in [-0.3, -0.25) is 9.59 Å². The zero-order chi connectivity index (χ0) is 22.1. The number of ketones is 1. The van der Waals surface area contributed by atoms with Crippen molar-refractivity contribution in [3.8, 4) is 0 Å². The maximum atomic E-state index is 12.6. The van der Waals surface area contributed by atoms with Crippen molar-refractivity contribution in [1.82, 2.24) is 0 Å². The van der Waals surface area contributed by atoms with E-state index in [1.165, 1.54) is 12.1 Å². The first-order valence-corrected chi connectivity index (χ1v) is 10.4. The number of hydrogen-bond donors (Lipinski definition) is 0. The lowest BCUT2D eigenvalue weighted by molar-refractivity contribution is -0.147. The van der Waals surface area contributed by atoms with E-state index in [1.807, 2.05) is 32.1 Å². The van der Waals surface area contributed by atoms with Crippen molar-refractivity contribution in [2.75, 3.05) is 0 Å². The molecule has 3 nitrogen and oxygen atoms in total. The van der Waals surface area contributed by atoms with Crippen molar-refractivity contribution in [3.05, 3.63) is 53.6 Å². The molecule has 2 rings (SSSR count). The molecule has 164 valence electrons. The van der Waals surface area contributed by atoms with Crippen LogP contribution in [-0.2, 0) is 20.5 Å². The second-order valence-electron chi connectivity index (χ2n) is 7.89. The highest BCUT2D eigenvalue weighted by Gasteiger charge is 2.32. The predicted molar refractivity (Wildman–Crippen MR) is 111 cm³/mol. The Balaban J connectivity index is 1.82. The van der Waals surface area contributed by atoms with E-state index in [0.29, 0.717) is 31.2 Å². The van der Waals surface area contributed by atoms with E-state index >= 15 is 0 Å². The lowest BCUT2D eigenvalue weighted by Gasteiger charge is -2.13. The zero-order valence-electron chi connectivity index (χ0n) is 17.5. The van der Waals surface area contributed by atoms with Crippen LogP contribution in [0.5, 0.6) is 0 Å². The van der Waals surface area contributed by atoms with Gasteiger partial charge in [-0.05, 0) is 63.1 Å². The first-order chi connectivity index (χ1) is 14.2. The smallest absolute Gasteiger partial charge is 0.416 e. The fourth-order valence-corrected chi connectivity index (χ4v) is 3.54. The topological polar surface area (TPSA) is 43.4 Å². The van der Waals surface area contributed by atoms with E-state index in [1.54, 1.807) is 6.08 Å². The summed E-state index contributed by atoms with van der Waals surface area (Å²) in [5.74, 6) is 0.0170. The highest BCUT2D eigenvalue weighted by Crippen LogP contribution is 2.34. The Hall–Kier alpha value is -2.37. The molecule has 0 bridgehead atoms. The van der Waals surface area contributed by atoms with Crippen LogP contribution in [0, 0.1) is 11.8 Å². The van der Waals surface area contributed by atoms with Crippen LogP contribution in [0.1, 0.15) is 63.5 Å². The number of allylic oxidation sites excluding steroid dienone is 3.